The Morgan fingerprint density at radius 1 is 1.15 bits per heavy atom. The van der Waals surface area contributed by atoms with Crippen LogP contribution in [-0.2, 0) is 4.74 Å². The van der Waals surface area contributed by atoms with E-state index in [0.29, 0.717) is 13.1 Å². The van der Waals surface area contributed by atoms with Crippen LogP contribution in [0.4, 0.5) is 0 Å². The molecule has 1 rings (SSSR count). The zero-order chi connectivity index (χ0) is 15.0. The summed E-state index contributed by atoms with van der Waals surface area (Å²) < 4.78 is 4.62. The highest BCUT2D eigenvalue weighted by molar-refractivity contribution is 5.94. The van der Waals surface area contributed by atoms with Crippen molar-refractivity contribution in [3.63, 3.8) is 0 Å². The molecule has 1 aromatic heterocycles. The minimum absolute atomic E-state index is 0.133. The van der Waals surface area contributed by atoms with Crippen molar-refractivity contribution >= 4 is 11.9 Å². The number of amides is 1. The molecule has 0 bridgehead atoms. The van der Waals surface area contributed by atoms with Crippen LogP contribution >= 0.6 is 0 Å². The van der Waals surface area contributed by atoms with Gasteiger partial charge in [-0.15, -0.1) is 0 Å². The zero-order valence-corrected chi connectivity index (χ0v) is 12.4. The maximum absolute atomic E-state index is 12.4. The molecular formula is C15H22N2O3. The fraction of sp³-hybridized carbons (Fsp3) is 0.533. The van der Waals surface area contributed by atoms with Crippen LogP contribution in [0, 0.1) is 0 Å². The number of hydrogen-bond donors (Lipinski definition) is 0. The summed E-state index contributed by atoms with van der Waals surface area (Å²) in [7, 11) is 1.29. The maximum atomic E-state index is 12.4. The van der Waals surface area contributed by atoms with E-state index in [9.17, 15) is 9.59 Å². The molecule has 0 unspecified atom stereocenters. The van der Waals surface area contributed by atoms with Crippen molar-refractivity contribution in [3.8, 4) is 0 Å². The summed E-state index contributed by atoms with van der Waals surface area (Å²) in [5.41, 5.74) is 0.447. The van der Waals surface area contributed by atoms with Gasteiger partial charge in [0.1, 0.15) is 11.4 Å². The monoisotopic (exact) mass is 278 g/mol. The topological polar surface area (TPSA) is 59.5 Å². The molecule has 0 atom stereocenters. The highest BCUT2D eigenvalue weighted by Crippen LogP contribution is 2.07. The van der Waals surface area contributed by atoms with Crippen LogP contribution in [0.25, 0.3) is 0 Å². The first-order valence-corrected chi connectivity index (χ1v) is 6.98. The van der Waals surface area contributed by atoms with Crippen molar-refractivity contribution in [1.82, 2.24) is 9.88 Å². The van der Waals surface area contributed by atoms with Gasteiger partial charge in [0.05, 0.1) is 7.11 Å². The van der Waals surface area contributed by atoms with E-state index in [1.54, 1.807) is 23.1 Å². The second-order valence-electron chi connectivity index (χ2n) is 4.55. The van der Waals surface area contributed by atoms with Crippen molar-refractivity contribution in [2.24, 2.45) is 0 Å². The molecule has 0 saturated heterocycles. The highest BCUT2D eigenvalue weighted by atomic mass is 16.5. The molecule has 5 nitrogen and oxygen atoms in total. The highest BCUT2D eigenvalue weighted by Gasteiger charge is 2.17. The van der Waals surface area contributed by atoms with Crippen LogP contribution < -0.4 is 0 Å². The Morgan fingerprint density at radius 2 is 1.85 bits per heavy atom. The SMILES string of the molecule is CCCCN(CCC)C(=O)c1cccc(C(=O)OC)n1. The second-order valence-corrected chi connectivity index (χ2v) is 4.55. The number of aromatic nitrogens is 1. The summed E-state index contributed by atoms with van der Waals surface area (Å²) >= 11 is 0. The van der Waals surface area contributed by atoms with Gasteiger partial charge in [-0.25, -0.2) is 9.78 Å². The van der Waals surface area contributed by atoms with E-state index in [4.69, 9.17) is 0 Å². The van der Waals surface area contributed by atoms with Gasteiger partial charge < -0.3 is 9.64 Å². The Balaban J connectivity index is 2.90. The lowest BCUT2D eigenvalue weighted by molar-refractivity contribution is 0.0593. The number of esters is 1. The number of pyridine rings is 1. The van der Waals surface area contributed by atoms with Gasteiger partial charge in [-0.3, -0.25) is 4.79 Å². The molecule has 0 aliphatic rings. The zero-order valence-electron chi connectivity index (χ0n) is 12.4. The molecule has 5 heteroatoms. The standard InChI is InChI=1S/C15H22N2O3/c1-4-6-11-17(10-5-2)14(18)12-8-7-9-13(16-12)15(19)20-3/h7-9H,4-6,10-11H2,1-3H3. The predicted octanol–water partition coefficient (Wildman–Crippen LogP) is 2.52. The van der Waals surface area contributed by atoms with Gasteiger partial charge in [0, 0.05) is 13.1 Å². The smallest absolute Gasteiger partial charge is 0.356 e. The largest absolute Gasteiger partial charge is 0.464 e. The Hall–Kier alpha value is -1.91. The van der Waals surface area contributed by atoms with Crippen LogP contribution in [0.3, 0.4) is 0 Å². The molecule has 20 heavy (non-hydrogen) atoms. The summed E-state index contributed by atoms with van der Waals surface area (Å²) in [5, 5.41) is 0. The van der Waals surface area contributed by atoms with Crippen LogP contribution in [0.1, 0.15) is 54.1 Å². The number of methoxy groups -OCH3 is 1. The number of nitrogens with zero attached hydrogens (tertiary/aromatic N) is 2. The molecule has 0 radical (unpaired) electrons. The molecule has 0 aliphatic heterocycles. The van der Waals surface area contributed by atoms with E-state index in [1.165, 1.54) is 7.11 Å². The number of hydrogen-bond acceptors (Lipinski definition) is 4. The van der Waals surface area contributed by atoms with Crippen molar-refractivity contribution < 1.29 is 14.3 Å². The van der Waals surface area contributed by atoms with Crippen LogP contribution in [0.2, 0.25) is 0 Å². The lowest BCUT2D eigenvalue weighted by Crippen LogP contribution is -2.33. The first kappa shape index (κ1) is 16.1. The Labute approximate surface area is 119 Å². The van der Waals surface area contributed by atoms with Crippen molar-refractivity contribution in [2.75, 3.05) is 20.2 Å². The van der Waals surface area contributed by atoms with E-state index >= 15 is 0 Å². The number of carbonyl (C=O) groups excluding carboxylic acids is 2. The minimum Gasteiger partial charge on any atom is -0.464 e. The summed E-state index contributed by atoms with van der Waals surface area (Å²) in [6.07, 6.45) is 2.89. The van der Waals surface area contributed by atoms with Gasteiger partial charge in [-0.2, -0.15) is 0 Å². The second kappa shape index (κ2) is 8.30. The predicted molar refractivity (Wildman–Crippen MR) is 76.7 cm³/mol. The number of ether oxygens (including phenoxy) is 1. The number of unbranched alkanes of at least 4 members (excludes halogenated alkanes) is 1. The molecular weight excluding hydrogens is 256 g/mol. The lowest BCUT2D eigenvalue weighted by Gasteiger charge is -2.21. The molecule has 0 N–H and O–H groups in total. The molecule has 110 valence electrons. The van der Waals surface area contributed by atoms with E-state index in [1.807, 2.05) is 6.92 Å². The fourth-order valence-electron chi connectivity index (χ4n) is 1.87. The number of carbonyl (C=O) groups is 2. The van der Waals surface area contributed by atoms with Crippen molar-refractivity contribution in [1.29, 1.82) is 0 Å². The Bertz CT molecular complexity index is 460. The average Bonchev–Trinajstić information content (AvgIpc) is 2.50. The molecule has 0 aromatic carbocycles. The maximum Gasteiger partial charge on any atom is 0.356 e. The lowest BCUT2D eigenvalue weighted by atomic mass is 10.2. The average molecular weight is 278 g/mol. The molecule has 0 saturated carbocycles. The third kappa shape index (κ3) is 4.33. The van der Waals surface area contributed by atoms with Gasteiger partial charge in [0.2, 0.25) is 0 Å². The Kier molecular flexibility index (Phi) is 6.70. The quantitative estimate of drug-likeness (QED) is 0.719. The van der Waals surface area contributed by atoms with Crippen molar-refractivity contribution in [3.05, 3.63) is 29.6 Å². The molecule has 0 spiro atoms. The molecule has 0 aliphatic carbocycles. The van der Waals surface area contributed by atoms with Gasteiger partial charge in [-0.05, 0) is 25.0 Å². The van der Waals surface area contributed by atoms with Crippen LogP contribution in [0.15, 0.2) is 18.2 Å². The molecule has 1 amide bonds. The summed E-state index contributed by atoms with van der Waals surface area (Å²) in [6, 6.07) is 4.82. The first-order valence-electron chi connectivity index (χ1n) is 6.98. The Morgan fingerprint density at radius 3 is 2.45 bits per heavy atom. The van der Waals surface area contributed by atoms with Crippen LogP contribution in [-0.4, -0.2) is 42.0 Å². The van der Waals surface area contributed by atoms with Crippen LogP contribution in [0.5, 0.6) is 0 Å². The van der Waals surface area contributed by atoms with Crippen molar-refractivity contribution in [2.45, 2.75) is 33.1 Å². The van der Waals surface area contributed by atoms with E-state index in [0.717, 1.165) is 19.3 Å². The van der Waals surface area contributed by atoms with E-state index in [-0.39, 0.29) is 17.3 Å². The third-order valence-electron chi connectivity index (χ3n) is 2.93. The normalized spacial score (nSPS) is 10.2. The summed E-state index contributed by atoms with van der Waals surface area (Å²) in [6.45, 7) is 5.53. The van der Waals surface area contributed by atoms with Gasteiger partial charge >= 0.3 is 5.97 Å². The summed E-state index contributed by atoms with van der Waals surface area (Å²) in [4.78, 5) is 29.7. The molecule has 1 aromatic rings. The molecule has 1 heterocycles. The molecule has 0 fully saturated rings. The van der Waals surface area contributed by atoms with Gasteiger partial charge in [0.25, 0.3) is 5.91 Å². The van der Waals surface area contributed by atoms with Gasteiger partial charge in [-0.1, -0.05) is 26.3 Å². The van der Waals surface area contributed by atoms with Gasteiger partial charge in [0.15, 0.2) is 0 Å². The summed E-state index contributed by atoms with van der Waals surface area (Å²) in [5.74, 6) is -0.665. The third-order valence-corrected chi connectivity index (χ3v) is 2.93. The minimum atomic E-state index is -0.532. The van der Waals surface area contributed by atoms with E-state index < -0.39 is 5.97 Å². The van der Waals surface area contributed by atoms with E-state index in [2.05, 4.69) is 16.6 Å². The first-order chi connectivity index (χ1) is 9.63. The number of rotatable bonds is 7. The fourth-order valence-corrected chi connectivity index (χ4v) is 1.87.